The van der Waals surface area contributed by atoms with E-state index in [-0.39, 0.29) is 41.7 Å². The fourth-order valence-electron chi connectivity index (χ4n) is 6.31. The SMILES string of the molecule is C=CC(=O)N1[C@H](C)c2cc(-c3nc(-c4ccc(C(C)=NC)c(N)c4)c4ccsc4c3-c3c(F)cc(F)cc3OCC(C)=O)nn2C[C@@H]1C. The molecule has 246 valence electrons. The van der Waals surface area contributed by atoms with Crippen molar-refractivity contribution in [1.82, 2.24) is 19.7 Å². The Labute approximate surface area is 280 Å². The fourth-order valence-corrected chi connectivity index (χ4v) is 7.26. The van der Waals surface area contributed by atoms with E-state index >= 15 is 4.39 Å². The normalized spacial score (nSPS) is 16.2. The highest BCUT2D eigenvalue weighted by molar-refractivity contribution is 7.18. The number of pyridine rings is 1. The third-order valence-corrected chi connectivity index (χ3v) is 9.53. The molecule has 5 aromatic rings. The number of thiophene rings is 1. The van der Waals surface area contributed by atoms with Crippen molar-refractivity contribution in [3.8, 4) is 39.5 Å². The summed E-state index contributed by atoms with van der Waals surface area (Å²) >= 11 is 1.36. The predicted molar refractivity (Wildman–Crippen MR) is 185 cm³/mol. The average molecular weight is 669 g/mol. The first-order chi connectivity index (χ1) is 22.9. The van der Waals surface area contributed by atoms with Crippen LogP contribution in [0.5, 0.6) is 5.75 Å². The van der Waals surface area contributed by atoms with Gasteiger partial charge in [-0.2, -0.15) is 5.10 Å². The Morgan fingerprint density at radius 2 is 1.90 bits per heavy atom. The lowest BCUT2D eigenvalue weighted by atomic mass is 9.95. The molecule has 0 saturated heterocycles. The van der Waals surface area contributed by atoms with Crippen molar-refractivity contribution in [2.75, 3.05) is 19.4 Å². The Morgan fingerprint density at radius 3 is 2.58 bits per heavy atom. The fraction of sp³-hybridized carbons (Fsp3) is 0.250. The number of ketones is 1. The molecule has 6 rings (SSSR count). The number of Topliss-reactive ketones (excluding diaryl/α,β-unsaturated/α-hetero) is 1. The van der Waals surface area contributed by atoms with E-state index in [0.717, 1.165) is 34.7 Å². The standard InChI is InChI=1S/C36H34F2N6O3S/c1-7-31(46)44-18(2)16-43-29(21(44)5)15-28(42-43)35-33(32-26(38)13-23(37)14-30(32)47-17-19(3)45)36-25(10-11-48-36)34(41-35)22-8-9-24(20(4)40-6)27(39)12-22/h7-15,18,21H,1,16-17,39H2,2-6H3/t18-,21+/m0/s1. The lowest BCUT2D eigenvalue weighted by Gasteiger charge is -2.38. The molecule has 12 heteroatoms. The van der Waals surface area contributed by atoms with E-state index in [1.807, 2.05) is 61.2 Å². The first kappa shape index (κ1) is 32.7. The van der Waals surface area contributed by atoms with Crippen LogP contribution in [0.25, 0.3) is 43.9 Å². The molecule has 3 aromatic heterocycles. The molecule has 1 aliphatic heterocycles. The summed E-state index contributed by atoms with van der Waals surface area (Å²) in [6, 6.07) is 10.7. The number of nitrogens with two attached hydrogens (primary N) is 1. The zero-order chi connectivity index (χ0) is 34.4. The number of nitrogen functional groups attached to an aromatic ring is 1. The van der Waals surface area contributed by atoms with Gasteiger partial charge in [0.05, 0.1) is 29.5 Å². The smallest absolute Gasteiger partial charge is 0.246 e. The summed E-state index contributed by atoms with van der Waals surface area (Å²) in [5.74, 6) is -2.37. The molecule has 9 nitrogen and oxygen atoms in total. The van der Waals surface area contributed by atoms with Gasteiger partial charge < -0.3 is 15.4 Å². The number of aromatic nitrogens is 3. The van der Waals surface area contributed by atoms with Gasteiger partial charge in [0.15, 0.2) is 5.78 Å². The number of ether oxygens (including phenoxy) is 1. The number of halogens is 2. The third-order valence-electron chi connectivity index (χ3n) is 8.60. The molecule has 0 aliphatic carbocycles. The van der Waals surface area contributed by atoms with Gasteiger partial charge in [-0.3, -0.25) is 19.3 Å². The number of amides is 1. The first-order valence-corrected chi connectivity index (χ1v) is 16.2. The molecule has 4 heterocycles. The van der Waals surface area contributed by atoms with E-state index in [1.54, 1.807) is 11.9 Å². The van der Waals surface area contributed by atoms with Gasteiger partial charge in [-0.1, -0.05) is 18.7 Å². The molecule has 48 heavy (non-hydrogen) atoms. The molecule has 0 saturated carbocycles. The monoisotopic (exact) mass is 668 g/mol. The minimum absolute atomic E-state index is 0.0420. The highest BCUT2D eigenvalue weighted by atomic mass is 32.1. The zero-order valence-electron chi connectivity index (χ0n) is 27.2. The van der Waals surface area contributed by atoms with Gasteiger partial charge in [0.1, 0.15) is 35.4 Å². The second-order valence-corrected chi connectivity index (χ2v) is 12.7. The van der Waals surface area contributed by atoms with E-state index in [9.17, 15) is 14.0 Å². The summed E-state index contributed by atoms with van der Waals surface area (Å²) in [5.41, 5.74) is 11.7. The third kappa shape index (κ3) is 5.66. The van der Waals surface area contributed by atoms with Crippen LogP contribution in [0.15, 0.2) is 65.5 Å². The second-order valence-electron chi connectivity index (χ2n) is 11.8. The van der Waals surface area contributed by atoms with Crippen LogP contribution >= 0.6 is 11.3 Å². The molecule has 0 bridgehead atoms. The quantitative estimate of drug-likeness (QED) is 0.106. The van der Waals surface area contributed by atoms with Gasteiger partial charge >= 0.3 is 0 Å². The number of carbonyl (C=O) groups excluding carboxylic acids is 2. The second kappa shape index (κ2) is 12.8. The summed E-state index contributed by atoms with van der Waals surface area (Å²) in [4.78, 5) is 35.8. The summed E-state index contributed by atoms with van der Waals surface area (Å²) in [7, 11) is 1.70. The average Bonchev–Trinajstić information content (AvgIpc) is 3.71. The Hall–Kier alpha value is -5.23. The molecule has 2 N–H and O–H groups in total. The number of hydrogen-bond acceptors (Lipinski definition) is 8. The van der Waals surface area contributed by atoms with E-state index < -0.39 is 11.6 Å². The number of carbonyl (C=O) groups is 2. The number of nitrogens with zero attached hydrogens (tertiary/aromatic N) is 5. The topological polar surface area (TPSA) is 116 Å². The number of aliphatic imine (C=N–C) groups is 1. The van der Waals surface area contributed by atoms with E-state index in [0.29, 0.717) is 45.0 Å². The van der Waals surface area contributed by atoms with Gasteiger partial charge in [-0.05, 0) is 57.4 Å². The summed E-state index contributed by atoms with van der Waals surface area (Å²) in [6.07, 6.45) is 1.29. The highest BCUT2D eigenvalue weighted by Crippen LogP contribution is 2.47. The summed E-state index contributed by atoms with van der Waals surface area (Å²) in [5, 5.41) is 7.51. The number of anilines is 1. The largest absolute Gasteiger partial charge is 0.485 e. The molecule has 0 unspecified atom stereocenters. The minimum Gasteiger partial charge on any atom is -0.485 e. The van der Waals surface area contributed by atoms with Crippen molar-refractivity contribution in [1.29, 1.82) is 0 Å². The number of hydrogen-bond donors (Lipinski definition) is 1. The van der Waals surface area contributed by atoms with E-state index in [2.05, 4.69) is 11.6 Å². The van der Waals surface area contributed by atoms with E-state index in [1.165, 1.54) is 24.3 Å². The molecule has 1 aliphatic rings. The van der Waals surface area contributed by atoms with Crippen LogP contribution in [-0.4, -0.2) is 56.8 Å². The van der Waals surface area contributed by atoms with Crippen LogP contribution in [0.2, 0.25) is 0 Å². The lowest BCUT2D eigenvalue weighted by Crippen LogP contribution is -2.46. The van der Waals surface area contributed by atoms with Crippen LogP contribution in [0.1, 0.15) is 45.0 Å². The molecule has 1 amide bonds. The van der Waals surface area contributed by atoms with Gasteiger partial charge in [0.25, 0.3) is 0 Å². The van der Waals surface area contributed by atoms with Crippen LogP contribution in [0.4, 0.5) is 14.5 Å². The Kier molecular flexibility index (Phi) is 8.69. The van der Waals surface area contributed by atoms with Gasteiger partial charge in [0.2, 0.25) is 5.91 Å². The maximum absolute atomic E-state index is 16.1. The Morgan fingerprint density at radius 1 is 1.12 bits per heavy atom. The molecule has 2 atom stereocenters. The maximum atomic E-state index is 16.1. The van der Waals surface area contributed by atoms with Crippen molar-refractivity contribution in [3.63, 3.8) is 0 Å². The van der Waals surface area contributed by atoms with E-state index in [4.69, 9.17) is 20.6 Å². The van der Waals surface area contributed by atoms with Crippen molar-refractivity contribution in [2.45, 2.75) is 46.3 Å². The van der Waals surface area contributed by atoms with Crippen molar-refractivity contribution in [2.24, 2.45) is 4.99 Å². The van der Waals surface area contributed by atoms with Gasteiger partial charge in [-0.25, -0.2) is 13.8 Å². The van der Waals surface area contributed by atoms with Crippen molar-refractivity contribution < 1.29 is 23.1 Å². The van der Waals surface area contributed by atoms with Crippen LogP contribution in [0, 0.1) is 11.6 Å². The molecule has 0 spiro atoms. The predicted octanol–water partition coefficient (Wildman–Crippen LogP) is 7.24. The molecular formula is C36H34F2N6O3S. The molecule has 0 fully saturated rings. The molecule has 0 radical (unpaired) electrons. The minimum atomic E-state index is -0.879. The Balaban J connectivity index is 1.66. The molecular weight excluding hydrogens is 634 g/mol. The van der Waals surface area contributed by atoms with Crippen LogP contribution < -0.4 is 10.5 Å². The first-order valence-electron chi connectivity index (χ1n) is 15.3. The molecule has 2 aromatic carbocycles. The van der Waals surface area contributed by atoms with Gasteiger partial charge in [0, 0.05) is 63.4 Å². The highest BCUT2D eigenvalue weighted by Gasteiger charge is 2.34. The van der Waals surface area contributed by atoms with Gasteiger partial charge in [-0.15, -0.1) is 11.3 Å². The van der Waals surface area contributed by atoms with Crippen LogP contribution in [-0.2, 0) is 16.1 Å². The zero-order valence-corrected chi connectivity index (χ0v) is 28.0. The summed E-state index contributed by atoms with van der Waals surface area (Å²) in [6.45, 7) is 10.8. The summed E-state index contributed by atoms with van der Waals surface area (Å²) < 4.78 is 38.9. The number of fused-ring (bicyclic) bond motifs is 2. The lowest BCUT2D eigenvalue weighted by molar-refractivity contribution is -0.132. The van der Waals surface area contributed by atoms with Crippen molar-refractivity contribution >= 4 is 44.5 Å². The number of benzene rings is 2. The Bertz CT molecular complexity index is 2150. The van der Waals surface area contributed by atoms with Crippen LogP contribution in [0.3, 0.4) is 0 Å². The number of rotatable bonds is 8. The van der Waals surface area contributed by atoms with Crippen molar-refractivity contribution in [3.05, 3.63) is 83.4 Å². The maximum Gasteiger partial charge on any atom is 0.246 e.